The summed E-state index contributed by atoms with van der Waals surface area (Å²) in [6.45, 7) is 1.05. The molecule has 4 saturated heterocycles. The molecule has 0 amide bonds. The van der Waals surface area contributed by atoms with Crippen molar-refractivity contribution in [3.05, 3.63) is 143 Å². The van der Waals surface area contributed by atoms with Crippen LogP contribution in [0, 0.1) is 0 Å². The standard InChI is InChI=1S/C43H48BClO6/c45-36-24-22-31(23-25-36)26-27-43(44-35-18-10-20-37(51-44)21-11-19-35)41(47-29-33-14-6-2-7-15-33)40(46-28-32-12-4-1-5-13-32)39-38(50-43)30-48-42(49-39)34-16-8-3-9-17-34/h1-9,12-17,22-25,35,37-42H,10-11,18-21,26-30H2/t35?,37?,38-,39-,40+,41+,42?,43+/m1/s1. The molecule has 4 aromatic rings. The quantitative estimate of drug-likeness (QED) is 0.145. The summed E-state index contributed by atoms with van der Waals surface area (Å²) in [5.74, 6) is 0.347. The van der Waals surface area contributed by atoms with Crippen LogP contribution in [0.4, 0.5) is 0 Å². The number of fused-ring (bicyclic) bond motifs is 4. The van der Waals surface area contributed by atoms with Crippen molar-refractivity contribution >= 4 is 18.5 Å². The van der Waals surface area contributed by atoms with Gasteiger partial charge in [0.25, 0.3) is 0 Å². The molecule has 0 saturated carbocycles. The molecule has 4 aliphatic rings. The molecule has 2 bridgehead atoms. The van der Waals surface area contributed by atoms with E-state index in [1.54, 1.807) is 0 Å². The minimum absolute atomic E-state index is 0.170. The molecule has 51 heavy (non-hydrogen) atoms. The monoisotopic (exact) mass is 706 g/mol. The Balaban J connectivity index is 1.23. The van der Waals surface area contributed by atoms with Crippen LogP contribution in [0.15, 0.2) is 115 Å². The van der Waals surface area contributed by atoms with Crippen molar-refractivity contribution in [3.63, 3.8) is 0 Å². The van der Waals surface area contributed by atoms with Gasteiger partial charge in [-0.3, -0.25) is 0 Å². The van der Waals surface area contributed by atoms with Crippen LogP contribution >= 0.6 is 11.6 Å². The van der Waals surface area contributed by atoms with Crippen molar-refractivity contribution in [3.8, 4) is 0 Å². The predicted octanol–water partition coefficient (Wildman–Crippen LogP) is 9.35. The molecule has 0 radical (unpaired) electrons. The molecule has 0 spiro atoms. The Kier molecular flexibility index (Phi) is 11.2. The third-order valence-electron chi connectivity index (χ3n) is 11.3. The maximum Gasteiger partial charge on any atom is 0.332 e. The summed E-state index contributed by atoms with van der Waals surface area (Å²) in [5.41, 5.74) is 3.54. The number of rotatable bonds is 11. The fourth-order valence-corrected chi connectivity index (χ4v) is 8.93. The lowest BCUT2D eigenvalue weighted by Gasteiger charge is -2.57. The van der Waals surface area contributed by atoms with Crippen LogP contribution < -0.4 is 0 Å². The van der Waals surface area contributed by atoms with E-state index in [0.29, 0.717) is 32.1 Å². The van der Waals surface area contributed by atoms with Gasteiger partial charge in [-0.05, 0) is 60.3 Å². The van der Waals surface area contributed by atoms with Crippen molar-refractivity contribution in [1.82, 2.24) is 0 Å². The van der Waals surface area contributed by atoms with Gasteiger partial charge in [0, 0.05) is 16.7 Å². The Hall–Kier alpha value is -3.01. The van der Waals surface area contributed by atoms with Gasteiger partial charge in [-0.1, -0.05) is 140 Å². The van der Waals surface area contributed by atoms with Crippen LogP contribution in [-0.2, 0) is 48.0 Å². The highest BCUT2D eigenvalue weighted by Gasteiger charge is 2.65. The molecule has 8 heteroatoms. The highest BCUT2D eigenvalue weighted by molar-refractivity contribution is 6.57. The fraction of sp³-hybridized carbons (Fsp3) is 0.442. The van der Waals surface area contributed by atoms with Crippen LogP contribution in [0.1, 0.15) is 73.5 Å². The summed E-state index contributed by atoms with van der Waals surface area (Å²) in [4.78, 5) is 0. The maximum absolute atomic E-state index is 7.59. The van der Waals surface area contributed by atoms with Gasteiger partial charge in [0.15, 0.2) is 6.29 Å². The Morgan fingerprint density at radius 1 is 0.706 bits per heavy atom. The van der Waals surface area contributed by atoms with Gasteiger partial charge in [-0.15, -0.1) is 0 Å². The summed E-state index contributed by atoms with van der Waals surface area (Å²) in [7, 11) is 0. The third-order valence-corrected chi connectivity index (χ3v) is 11.6. The van der Waals surface area contributed by atoms with Crippen LogP contribution in [0.3, 0.4) is 0 Å². The second-order valence-electron chi connectivity index (χ2n) is 14.7. The average molecular weight is 707 g/mol. The van der Waals surface area contributed by atoms with Gasteiger partial charge in [0.2, 0.25) is 0 Å². The van der Waals surface area contributed by atoms with Gasteiger partial charge >= 0.3 is 6.92 Å². The highest BCUT2D eigenvalue weighted by Crippen LogP contribution is 2.50. The van der Waals surface area contributed by atoms with Crippen LogP contribution in [0.5, 0.6) is 0 Å². The molecule has 4 aromatic carbocycles. The molecule has 8 rings (SSSR count). The lowest BCUT2D eigenvalue weighted by atomic mass is 9.39. The fourth-order valence-electron chi connectivity index (χ4n) is 8.80. The summed E-state index contributed by atoms with van der Waals surface area (Å²) in [6.07, 6.45) is 6.11. The zero-order valence-electron chi connectivity index (χ0n) is 29.2. The molecule has 0 N–H and O–H groups in total. The molecule has 1 unspecified atom stereocenters. The van der Waals surface area contributed by atoms with E-state index in [9.17, 15) is 0 Å². The predicted molar refractivity (Wildman–Crippen MR) is 200 cm³/mol. The van der Waals surface area contributed by atoms with Crippen LogP contribution in [-0.4, -0.2) is 49.5 Å². The van der Waals surface area contributed by atoms with E-state index in [2.05, 4.69) is 60.7 Å². The van der Waals surface area contributed by atoms with Crippen molar-refractivity contribution in [2.75, 3.05) is 6.61 Å². The Morgan fingerprint density at radius 2 is 1.33 bits per heavy atom. The number of hydrogen-bond donors (Lipinski definition) is 0. The second kappa shape index (κ2) is 16.3. The maximum atomic E-state index is 7.59. The topological polar surface area (TPSA) is 55.4 Å². The molecule has 0 aliphatic carbocycles. The van der Waals surface area contributed by atoms with E-state index in [4.69, 9.17) is 39.9 Å². The van der Waals surface area contributed by atoms with Gasteiger partial charge in [0.05, 0.1) is 19.8 Å². The number of halogens is 1. The van der Waals surface area contributed by atoms with Crippen molar-refractivity contribution in [2.24, 2.45) is 0 Å². The van der Waals surface area contributed by atoms with Crippen LogP contribution in [0.2, 0.25) is 10.8 Å². The average Bonchev–Trinajstić information content (AvgIpc) is 3.52. The zero-order valence-corrected chi connectivity index (χ0v) is 30.0. The van der Waals surface area contributed by atoms with Crippen molar-refractivity contribution < 1.29 is 28.3 Å². The summed E-state index contributed by atoms with van der Waals surface area (Å²) in [6, 6.07) is 39.1. The Morgan fingerprint density at radius 3 is 2.00 bits per heavy atom. The minimum Gasteiger partial charge on any atom is -0.430 e. The first-order valence-corrected chi connectivity index (χ1v) is 19.2. The van der Waals surface area contributed by atoms with Crippen molar-refractivity contribution in [1.29, 1.82) is 0 Å². The summed E-state index contributed by atoms with van der Waals surface area (Å²) >= 11 is 6.34. The largest absolute Gasteiger partial charge is 0.430 e. The van der Waals surface area contributed by atoms with Gasteiger partial charge in [0.1, 0.15) is 29.9 Å². The second-order valence-corrected chi connectivity index (χ2v) is 15.1. The van der Waals surface area contributed by atoms with E-state index in [1.165, 1.54) is 18.4 Å². The zero-order chi connectivity index (χ0) is 34.5. The molecular formula is C43H48BClO6. The lowest BCUT2D eigenvalue weighted by Crippen LogP contribution is -2.74. The molecule has 0 aromatic heterocycles. The molecule has 6 nitrogen and oxygen atoms in total. The van der Waals surface area contributed by atoms with E-state index >= 15 is 0 Å². The first kappa shape index (κ1) is 35.0. The van der Waals surface area contributed by atoms with E-state index in [-0.39, 0.29) is 19.1 Å². The molecule has 266 valence electrons. The normalized spacial score (nSPS) is 30.7. The highest BCUT2D eigenvalue weighted by atomic mass is 35.5. The Labute approximate surface area is 307 Å². The first-order chi connectivity index (χ1) is 25.1. The van der Waals surface area contributed by atoms with E-state index in [1.807, 2.05) is 54.6 Å². The van der Waals surface area contributed by atoms with E-state index < -0.39 is 30.1 Å². The minimum atomic E-state index is -0.833. The summed E-state index contributed by atoms with van der Waals surface area (Å²) in [5, 5.41) is 0.731. The first-order valence-electron chi connectivity index (χ1n) is 18.9. The van der Waals surface area contributed by atoms with Gasteiger partial charge in [-0.2, -0.15) is 0 Å². The molecule has 4 fully saturated rings. The number of hydrogen-bond acceptors (Lipinski definition) is 6. The number of aryl methyl sites for hydroxylation is 1. The molecular weight excluding hydrogens is 659 g/mol. The van der Waals surface area contributed by atoms with Gasteiger partial charge < -0.3 is 28.3 Å². The van der Waals surface area contributed by atoms with Gasteiger partial charge in [-0.25, -0.2) is 0 Å². The molecule has 4 aliphatic heterocycles. The smallest absolute Gasteiger partial charge is 0.332 e. The number of ether oxygens (including phenoxy) is 5. The number of benzene rings is 4. The summed E-state index contributed by atoms with van der Waals surface area (Å²) < 4.78 is 42.6. The molecule has 6 atom stereocenters. The third kappa shape index (κ3) is 8.01. The SMILES string of the molecule is Clc1ccc(CC[C@]2(B3OC4CCCC3CCC4)O[C@@H]3COC(c4ccccc4)O[C@H]3[C@H](OCc3ccccc3)[C@@H]2OCc2ccccc2)cc1. The van der Waals surface area contributed by atoms with E-state index in [0.717, 1.165) is 53.8 Å². The lowest BCUT2D eigenvalue weighted by molar-refractivity contribution is -0.351. The van der Waals surface area contributed by atoms with Crippen molar-refractivity contribution in [2.45, 2.75) is 113 Å². The van der Waals surface area contributed by atoms with Crippen LogP contribution in [0.25, 0.3) is 0 Å². The Bertz CT molecular complexity index is 1650. The molecule has 4 heterocycles.